The Kier molecular flexibility index (Phi) is 13.7. The van der Waals surface area contributed by atoms with Crippen molar-refractivity contribution in [3.63, 3.8) is 0 Å². The van der Waals surface area contributed by atoms with Crippen LogP contribution in [0, 0.1) is 17.8 Å². The molecule has 54 heavy (non-hydrogen) atoms. The van der Waals surface area contributed by atoms with E-state index in [1.54, 1.807) is 32.6 Å². The Morgan fingerprint density at radius 3 is 2.24 bits per heavy atom. The van der Waals surface area contributed by atoms with Gasteiger partial charge in [-0.2, -0.15) is 0 Å². The van der Waals surface area contributed by atoms with E-state index in [1.807, 2.05) is 18.2 Å². The summed E-state index contributed by atoms with van der Waals surface area (Å²) in [5, 5.41) is 18.9. The smallest absolute Gasteiger partial charge is 0.410 e. The molecule has 0 aromatic heterocycles. The Hall–Kier alpha value is -4.16. The lowest BCUT2D eigenvalue weighted by Gasteiger charge is -2.36. The molecule has 2 saturated carbocycles. The van der Waals surface area contributed by atoms with Gasteiger partial charge in [0, 0.05) is 25.6 Å². The normalized spacial score (nSPS) is 25.9. The van der Waals surface area contributed by atoms with Gasteiger partial charge < -0.3 is 30.7 Å². The number of aryl methyl sites for hydroxylation is 1. The van der Waals surface area contributed by atoms with Crippen LogP contribution < -0.4 is 16.0 Å². The van der Waals surface area contributed by atoms with Crippen molar-refractivity contribution in [3.8, 4) is 0 Å². The van der Waals surface area contributed by atoms with E-state index in [-0.39, 0.29) is 48.6 Å². The summed E-state index contributed by atoms with van der Waals surface area (Å²) >= 11 is 0. The van der Waals surface area contributed by atoms with Crippen LogP contribution in [-0.2, 0) is 35.1 Å². The van der Waals surface area contributed by atoms with Crippen LogP contribution in [0.25, 0.3) is 0 Å². The largest absolute Gasteiger partial charge is 0.481 e. The minimum Gasteiger partial charge on any atom is -0.481 e. The second-order valence-electron chi connectivity index (χ2n) is 17.0. The summed E-state index contributed by atoms with van der Waals surface area (Å²) in [6.07, 6.45) is 9.16. The highest BCUT2D eigenvalue weighted by molar-refractivity contribution is 5.94. The fourth-order valence-corrected chi connectivity index (χ4v) is 8.70. The molecule has 298 valence electrons. The molecule has 1 aromatic carbocycles. The highest BCUT2D eigenvalue weighted by Crippen LogP contribution is 2.33. The van der Waals surface area contributed by atoms with Gasteiger partial charge in [-0.05, 0) is 109 Å². The first-order valence-electron chi connectivity index (χ1n) is 20.1. The SMILES string of the molecule is C[C@@H](C(=O)N[C@H](C(=O)N1C[C@@H](NC(=O)C2CCCC(C(=O)O)CC2)C[C@H]1C(=O)N[C@@H]1CCCc2ccccc21)C1CCCCC1)N(C)C(=O)OC(C)(C)C. The van der Waals surface area contributed by atoms with Gasteiger partial charge in [0.15, 0.2) is 0 Å². The van der Waals surface area contributed by atoms with Crippen LogP contribution in [0.5, 0.6) is 0 Å². The lowest BCUT2D eigenvalue weighted by molar-refractivity contribution is -0.143. The number of carboxylic acid groups (broad SMARTS) is 1. The van der Waals surface area contributed by atoms with Crippen LogP contribution in [0.15, 0.2) is 24.3 Å². The van der Waals surface area contributed by atoms with Gasteiger partial charge in [-0.25, -0.2) is 4.79 Å². The van der Waals surface area contributed by atoms with Crippen molar-refractivity contribution >= 4 is 35.7 Å². The molecule has 5 rings (SSSR count). The van der Waals surface area contributed by atoms with Gasteiger partial charge in [-0.1, -0.05) is 49.9 Å². The van der Waals surface area contributed by atoms with E-state index in [0.717, 1.165) is 56.9 Å². The number of fused-ring (bicyclic) bond motifs is 1. The van der Waals surface area contributed by atoms with Gasteiger partial charge in [0.1, 0.15) is 23.7 Å². The quantitative estimate of drug-likeness (QED) is 0.245. The summed E-state index contributed by atoms with van der Waals surface area (Å²) < 4.78 is 5.48. The molecule has 4 aliphatic rings. The predicted molar refractivity (Wildman–Crippen MR) is 202 cm³/mol. The average Bonchev–Trinajstić information content (AvgIpc) is 3.39. The van der Waals surface area contributed by atoms with Crippen molar-refractivity contribution in [2.45, 2.75) is 153 Å². The number of carbonyl (C=O) groups is 6. The molecule has 0 radical (unpaired) electrons. The Morgan fingerprint density at radius 2 is 1.54 bits per heavy atom. The Balaban J connectivity index is 1.37. The number of carboxylic acids is 1. The number of carbonyl (C=O) groups excluding carboxylic acids is 5. The first-order chi connectivity index (χ1) is 25.6. The Labute approximate surface area is 319 Å². The van der Waals surface area contributed by atoms with Crippen LogP contribution in [-0.4, -0.2) is 94.0 Å². The number of hydrogen-bond acceptors (Lipinski definition) is 7. The van der Waals surface area contributed by atoms with Crippen LogP contribution in [0.4, 0.5) is 4.79 Å². The molecule has 1 saturated heterocycles. The second-order valence-corrected chi connectivity index (χ2v) is 17.0. The lowest BCUT2D eigenvalue weighted by atomic mass is 9.83. The molecule has 3 aliphatic carbocycles. The van der Waals surface area contributed by atoms with Gasteiger partial charge in [0.25, 0.3) is 0 Å². The fourth-order valence-electron chi connectivity index (χ4n) is 8.70. The van der Waals surface area contributed by atoms with Crippen molar-refractivity contribution in [1.29, 1.82) is 0 Å². The van der Waals surface area contributed by atoms with Crippen molar-refractivity contribution in [2.75, 3.05) is 13.6 Å². The van der Waals surface area contributed by atoms with E-state index in [2.05, 4.69) is 22.0 Å². The van der Waals surface area contributed by atoms with E-state index < -0.39 is 53.7 Å². The molecule has 13 nitrogen and oxygen atoms in total. The second kappa shape index (κ2) is 18.0. The summed E-state index contributed by atoms with van der Waals surface area (Å²) in [7, 11) is 1.49. The highest BCUT2D eigenvalue weighted by atomic mass is 16.6. The predicted octanol–water partition coefficient (Wildman–Crippen LogP) is 4.87. The maximum Gasteiger partial charge on any atom is 0.410 e. The summed E-state index contributed by atoms with van der Waals surface area (Å²) in [6, 6.07) is 4.61. The molecule has 3 fully saturated rings. The number of ether oxygens (including phenoxy) is 1. The molecule has 0 bridgehead atoms. The molecular formula is C41H61N5O8. The van der Waals surface area contributed by atoms with Gasteiger partial charge in [-0.15, -0.1) is 0 Å². The molecule has 1 aliphatic heterocycles. The molecule has 1 aromatic rings. The first-order valence-corrected chi connectivity index (χ1v) is 20.1. The number of nitrogens with one attached hydrogen (secondary N) is 3. The number of amides is 5. The molecule has 7 atom stereocenters. The van der Waals surface area contributed by atoms with E-state index >= 15 is 0 Å². The number of aliphatic carboxylic acids is 1. The summed E-state index contributed by atoms with van der Waals surface area (Å²) in [4.78, 5) is 83.8. The number of likely N-dealkylation sites (N-methyl/N-ethyl adjacent to an activating group) is 1. The minimum absolute atomic E-state index is 0.0981. The molecular weight excluding hydrogens is 690 g/mol. The van der Waals surface area contributed by atoms with Gasteiger partial charge in [-0.3, -0.25) is 28.9 Å². The van der Waals surface area contributed by atoms with E-state index in [1.165, 1.54) is 17.5 Å². The molecule has 0 spiro atoms. The third-order valence-corrected chi connectivity index (χ3v) is 11.9. The number of nitrogens with zero attached hydrogens (tertiary/aromatic N) is 2. The van der Waals surface area contributed by atoms with Gasteiger partial charge in [0.05, 0.1) is 12.0 Å². The summed E-state index contributed by atoms with van der Waals surface area (Å²) in [6.45, 7) is 6.93. The molecule has 1 heterocycles. The summed E-state index contributed by atoms with van der Waals surface area (Å²) in [5.74, 6) is -3.15. The number of rotatable bonds is 10. The summed E-state index contributed by atoms with van der Waals surface area (Å²) in [5.41, 5.74) is 1.51. The van der Waals surface area contributed by atoms with Crippen LogP contribution in [0.2, 0.25) is 0 Å². The highest BCUT2D eigenvalue weighted by Gasteiger charge is 2.46. The van der Waals surface area contributed by atoms with E-state index in [4.69, 9.17) is 4.74 Å². The fraction of sp³-hybridized carbons (Fsp3) is 0.707. The van der Waals surface area contributed by atoms with Crippen molar-refractivity contribution < 1.29 is 38.6 Å². The first kappa shape index (κ1) is 41.0. The van der Waals surface area contributed by atoms with Crippen LogP contribution in [0.3, 0.4) is 0 Å². The van der Waals surface area contributed by atoms with Crippen LogP contribution in [0.1, 0.15) is 128 Å². The molecule has 4 N–H and O–H groups in total. The van der Waals surface area contributed by atoms with Crippen molar-refractivity contribution in [1.82, 2.24) is 25.8 Å². The molecule has 5 amide bonds. The lowest BCUT2D eigenvalue weighted by Crippen LogP contribution is -2.59. The zero-order valence-electron chi connectivity index (χ0n) is 32.7. The number of benzene rings is 1. The third-order valence-electron chi connectivity index (χ3n) is 11.9. The zero-order valence-corrected chi connectivity index (χ0v) is 32.7. The number of hydrogen-bond donors (Lipinski definition) is 4. The third kappa shape index (κ3) is 10.3. The minimum atomic E-state index is -0.935. The monoisotopic (exact) mass is 751 g/mol. The maximum absolute atomic E-state index is 14.8. The van der Waals surface area contributed by atoms with Crippen molar-refractivity contribution in [3.05, 3.63) is 35.4 Å². The Morgan fingerprint density at radius 1 is 0.852 bits per heavy atom. The number of likely N-dealkylation sites (tertiary alicyclic amines) is 1. The zero-order chi connectivity index (χ0) is 39.2. The van der Waals surface area contributed by atoms with Gasteiger partial charge in [0.2, 0.25) is 23.6 Å². The molecule has 13 heteroatoms. The standard InChI is InChI=1S/C41H61N5O8/c1-25(45(5)40(53)54-41(2,3)4)35(47)44-34(27-14-7-6-8-15-27)38(50)46-24-30(42-36(48)28-17-11-18-29(22-21-28)39(51)52)23-33(46)37(49)43-32-20-12-16-26-13-9-10-19-31(26)32/h9-10,13,19,25,27-30,32-34H,6-8,11-12,14-18,20-24H2,1-5H3,(H,42,48)(H,43,49)(H,44,47)(H,51,52)/t25-,28?,29?,30-,32+,33-,34-/m0/s1. The Bertz CT molecular complexity index is 1540. The topological polar surface area (TPSA) is 174 Å². The maximum atomic E-state index is 14.8. The molecule has 2 unspecified atom stereocenters. The van der Waals surface area contributed by atoms with E-state index in [9.17, 15) is 33.9 Å². The van der Waals surface area contributed by atoms with E-state index in [0.29, 0.717) is 32.1 Å². The van der Waals surface area contributed by atoms with Crippen LogP contribution >= 0.6 is 0 Å². The van der Waals surface area contributed by atoms with Crippen molar-refractivity contribution in [2.24, 2.45) is 17.8 Å². The van der Waals surface area contributed by atoms with Gasteiger partial charge >= 0.3 is 12.1 Å². The average molecular weight is 752 g/mol.